The topological polar surface area (TPSA) is 71.8 Å². The van der Waals surface area contributed by atoms with Gasteiger partial charge in [0.05, 0.1) is 5.56 Å². The van der Waals surface area contributed by atoms with Crippen LogP contribution in [-0.2, 0) is 6.18 Å². The molecule has 0 atom stereocenters. The number of nitro groups is 1. The van der Waals surface area contributed by atoms with Crippen LogP contribution < -0.4 is 0 Å². The van der Waals surface area contributed by atoms with Gasteiger partial charge < -0.3 is 10.1 Å². The molecule has 0 saturated heterocycles. The van der Waals surface area contributed by atoms with Gasteiger partial charge in [-0.3, -0.25) is 0 Å². The Kier molecular flexibility index (Phi) is 2.77. The predicted molar refractivity (Wildman–Crippen MR) is 55.7 cm³/mol. The molecule has 0 aliphatic rings. The molecule has 0 bridgehead atoms. The first-order valence-corrected chi connectivity index (χ1v) is 4.75. The number of aromatic amines is 1. The lowest BCUT2D eigenvalue weighted by molar-refractivity contribution is -0.389. The number of H-pyrrole nitrogens is 1. The molecule has 8 heteroatoms. The molecule has 5 nitrogen and oxygen atoms in total. The molecule has 0 unspecified atom stereocenters. The average Bonchev–Trinajstić information content (AvgIpc) is 2.77. The fourth-order valence-corrected chi connectivity index (χ4v) is 1.39. The van der Waals surface area contributed by atoms with Gasteiger partial charge in [0.25, 0.3) is 0 Å². The monoisotopic (exact) mass is 257 g/mol. The summed E-state index contributed by atoms with van der Waals surface area (Å²) >= 11 is 0. The van der Waals surface area contributed by atoms with Crippen LogP contribution in [0.25, 0.3) is 11.4 Å². The molecule has 1 aromatic heterocycles. The lowest BCUT2D eigenvalue weighted by Crippen LogP contribution is -2.04. The third-order valence-corrected chi connectivity index (χ3v) is 2.22. The first kappa shape index (κ1) is 12.1. The molecule has 94 valence electrons. The highest BCUT2D eigenvalue weighted by Crippen LogP contribution is 2.31. The van der Waals surface area contributed by atoms with E-state index in [0.29, 0.717) is 0 Å². The van der Waals surface area contributed by atoms with Gasteiger partial charge in [-0.1, -0.05) is 6.07 Å². The van der Waals surface area contributed by atoms with Gasteiger partial charge in [-0.25, -0.2) is 9.97 Å². The Labute approximate surface area is 98.4 Å². The number of nitrogens with one attached hydrogen (secondary N) is 1. The number of hydrogen-bond acceptors (Lipinski definition) is 3. The van der Waals surface area contributed by atoms with Crippen molar-refractivity contribution in [2.75, 3.05) is 0 Å². The third kappa shape index (κ3) is 2.31. The maximum absolute atomic E-state index is 12.5. The van der Waals surface area contributed by atoms with Crippen molar-refractivity contribution in [2.45, 2.75) is 6.18 Å². The van der Waals surface area contributed by atoms with E-state index in [1.165, 1.54) is 12.1 Å². The van der Waals surface area contributed by atoms with Crippen LogP contribution in [0.1, 0.15) is 5.56 Å². The number of rotatable bonds is 2. The Morgan fingerprint density at radius 2 is 2.06 bits per heavy atom. The molecule has 0 spiro atoms. The van der Waals surface area contributed by atoms with Crippen molar-refractivity contribution in [3.8, 4) is 11.4 Å². The smallest absolute Gasteiger partial charge is 0.358 e. The number of benzene rings is 1. The van der Waals surface area contributed by atoms with Crippen LogP contribution in [0.4, 0.5) is 19.0 Å². The molecule has 0 amide bonds. The van der Waals surface area contributed by atoms with Crippen LogP contribution >= 0.6 is 0 Å². The Hall–Kier alpha value is -2.38. The van der Waals surface area contributed by atoms with E-state index in [9.17, 15) is 23.3 Å². The zero-order chi connectivity index (χ0) is 13.3. The summed E-state index contributed by atoms with van der Waals surface area (Å²) < 4.78 is 37.4. The summed E-state index contributed by atoms with van der Waals surface area (Å²) in [6.07, 6.45) is -3.51. The van der Waals surface area contributed by atoms with E-state index >= 15 is 0 Å². The van der Waals surface area contributed by atoms with E-state index in [1.807, 2.05) is 0 Å². The fourth-order valence-electron chi connectivity index (χ4n) is 1.39. The molecule has 2 rings (SSSR count). The van der Waals surface area contributed by atoms with Crippen molar-refractivity contribution in [1.82, 2.24) is 9.97 Å². The van der Waals surface area contributed by atoms with Gasteiger partial charge >= 0.3 is 12.0 Å². The highest BCUT2D eigenvalue weighted by Gasteiger charge is 2.30. The van der Waals surface area contributed by atoms with E-state index in [4.69, 9.17) is 0 Å². The minimum atomic E-state index is -4.46. The zero-order valence-electron chi connectivity index (χ0n) is 8.73. The van der Waals surface area contributed by atoms with E-state index in [-0.39, 0.29) is 17.2 Å². The molecular formula is C10H6F3N3O2. The van der Waals surface area contributed by atoms with Crippen LogP contribution in [0.3, 0.4) is 0 Å². The van der Waals surface area contributed by atoms with E-state index in [0.717, 1.165) is 18.3 Å². The molecule has 0 saturated carbocycles. The number of alkyl halides is 3. The second kappa shape index (κ2) is 4.13. The summed E-state index contributed by atoms with van der Waals surface area (Å²) in [5, 5.41) is 10.4. The molecule has 2 aromatic rings. The number of hydrogen-bond donors (Lipinski definition) is 1. The number of nitrogens with zero attached hydrogens (tertiary/aromatic N) is 2. The lowest BCUT2D eigenvalue weighted by atomic mass is 10.1. The molecule has 1 aromatic carbocycles. The number of aromatic nitrogens is 2. The molecule has 0 fully saturated rings. The Bertz CT molecular complexity index is 592. The predicted octanol–water partition coefficient (Wildman–Crippen LogP) is 3.00. The van der Waals surface area contributed by atoms with Crippen molar-refractivity contribution in [1.29, 1.82) is 0 Å². The second-order valence-electron chi connectivity index (χ2n) is 3.45. The van der Waals surface area contributed by atoms with Crippen LogP contribution in [0.2, 0.25) is 0 Å². The summed E-state index contributed by atoms with van der Waals surface area (Å²) in [7, 11) is 0. The molecule has 18 heavy (non-hydrogen) atoms. The van der Waals surface area contributed by atoms with Gasteiger partial charge in [-0.15, -0.1) is 0 Å². The Morgan fingerprint density at radius 3 is 2.61 bits per heavy atom. The van der Waals surface area contributed by atoms with Crippen molar-refractivity contribution < 1.29 is 18.1 Å². The van der Waals surface area contributed by atoms with E-state index < -0.39 is 16.7 Å². The third-order valence-electron chi connectivity index (χ3n) is 2.22. The first-order valence-electron chi connectivity index (χ1n) is 4.75. The molecule has 0 radical (unpaired) electrons. The van der Waals surface area contributed by atoms with Crippen LogP contribution in [0.15, 0.2) is 30.5 Å². The average molecular weight is 257 g/mol. The summed E-state index contributed by atoms with van der Waals surface area (Å²) in [6, 6.07) is 4.40. The van der Waals surface area contributed by atoms with Gasteiger partial charge in [-0.2, -0.15) is 13.2 Å². The molecule has 1 heterocycles. The van der Waals surface area contributed by atoms with Gasteiger partial charge in [0, 0.05) is 5.56 Å². The van der Waals surface area contributed by atoms with Crippen LogP contribution in [-0.4, -0.2) is 14.9 Å². The van der Waals surface area contributed by atoms with Crippen molar-refractivity contribution in [3.05, 3.63) is 46.1 Å². The van der Waals surface area contributed by atoms with Gasteiger partial charge in [0.2, 0.25) is 5.82 Å². The Balaban J connectivity index is 2.41. The molecular weight excluding hydrogens is 251 g/mol. The largest absolute Gasteiger partial charge is 0.416 e. The standard InChI is InChI=1S/C10H6F3N3O2/c11-10(12,13)7-3-1-2-6(4-7)9-14-5-8(15-9)16(17)18/h1-5H,(H,14,15). The van der Waals surface area contributed by atoms with Crippen molar-refractivity contribution in [2.24, 2.45) is 0 Å². The highest BCUT2D eigenvalue weighted by atomic mass is 19.4. The first-order chi connectivity index (χ1) is 8.38. The van der Waals surface area contributed by atoms with Gasteiger partial charge in [-0.05, 0) is 23.1 Å². The second-order valence-corrected chi connectivity index (χ2v) is 3.45. The quantitative estimate of drug-likeness (QED) is 0.664. The molecule has 0 aliphatic carbocycles. The zero-order valence-corrected chi connectivity index (χ0v) is 8.73. The van der Waals surface area contributed by atoms with Gasteiger partial charge in [0.15, 0.2) is 0 Å². The molecule has 0 aliphatic heterocycles. The van der Waals surface area contributed by atoms with Gasteiger partial charge in [0.1, 0.15) is 6.20 Å². The van der Waals surface area contributed by atoms with Crippen LogP contribution in [0, 0.1) is 10.1 Å². The lowest BCUT2D eigenvalue weighted by Gasteiger charge is -2.06. The fraction of sp³-hybridized carbons (Fsp3) is 0.100. The summed E-state index contributed by atoms with van der Waals surface area (Å²) in [5.74, 6) is -0.352. The molecule has 1 N–H and O–H groups in total. The van der Waals surface area contributed by atoms with Crippen LogP contribution in [0.5, 0.6) is 0 Å². The SMILES string of the molecule is O=[N+]([O-])c1cnc(-c2cccc(C(F)(F)F)c2)[nH]1. The highest BCUT2D eigenvalue weighted by molar-refractivity contribution is 5.57. The summed E-state index contributed by atoms with van der Waals surface area (Å²) in [6.45, 7) is 0. The van der Waals surface area contributed by atoms with Crippen molar-refractivity contribution >= 4 is 5.82 Å². The maximum atomic E-state index is 12.5. The normalized spacial score (nSPS) is 11.5. The summed E-state index contributed by atoms with van der Waals surface area (Å²) in [4.78, 5) is 15.7. The Morgan fingerprint density at radius 1 is 1.33 bits per heavy atom. The minimum Gasteiger partial charge on any atom is -0.358 e. The maximum Gasteiger partial charge on any atom is 0.416 e. The number of imidazole rings is 1. The minimum absolute atomic E-state index is 0.0211. The summed E-state index contributed by atoms with van der Waals surface area (Å²) in [5.41, 5.74) is -0.697. The van der Waals surface area contributed by atoms with Crippen molar-refractivity contribution in [3.63, 3.8) is 0 Å². The van der Waals surface area contributed by atoms with E-state index in [1.54, 1.807) is 0 Å². The van der Waals surface area contributed by atoms with E-state index in [2.05, 4.69) is 9.97 Å². The number of halogens is 3.